The van der Waals surface area contributed by atoms with Crippen LogP contribution in [0.5, 0.6) is 0 Å². The van der Waals surface area contributed by atoms with Crippen LogP contribution >= 0.6 is 0 Å². The molecule has 3 aromatic rings. The van der Waals surface area contributed by atoms with Crippen molar-refractivity contribution < 1.29 is 0 Å². The smallest absolute Gasteiger partial charge is 0.121 e. The quantitative estimate of drug-likeness (QED) is 0.757. The molecule has 0 spiro atoms. The predicted octanol–water partition coefficient (Wildman–Crippen LogP) is 3.34. The van der Waals surface area contributed by atoms with Crippen molar-refractivity contribution in [2.75, 3.05) is 5.73 Å². The fourth-order valence-corrected chi connectivity index (χ4v) is 2.19. The molecule has 0 bridgehead atoms. The molecule has 3 rings (SSSR count). The van der Waals surface area contributed by atoms with E-state index in [9.17, 15) is 0 Å². The van der Waals surface area contributed by atoms with Gasteiger partial charge in [0.25, 0.3) is 0 Å². The van der Waals surface area contributed by atoms with Gasteiger partial charge < -0.3 is 5.73 Å². The summed E-state index contributed by atoms with van der Waals surface area (Å²) in [6, 6.07) is 20.4. The van der Waals surface area contributed by atoms with E-state index in [-0.39, 0.29) is 0 Å². The molecule has 1 heterocycles. The van der Waals surface area contributed by atoms with Gasteiger partial charge >= 0.3 is 0 Å². The van der Waals surface area contributed by atoms with E-state index in [1.807, 2.05) is 43.4 Å². The predicted molar refractivity (Wildman–Crippen MR) is 78.5 cm³/mol. The molecule has 1 aromatic heterocycles. The first-order chi connectivity index (χ1) is 9.25. The second-order valence-corrected chi connectivity index (χ2v) is 4.49. The summed E-state index contributed by atoms with van der Waals surface area (Å²) in [5.41, 5.74) is 10.2. The third-order valence-corrected chi connectivity index (χ3v) is 3.20. The third-order valence-electron chi connectivity index (χ3n) is 3.20. The lowest BCUT2D eigenvalue weighted by Gasteiger charge is -2.07. The lowest BCUT2D eigenvalue weighted by atomic mass is 9.98. The maximum absolute atomic E-state index is 5.87. The average Bonchev–Trinajstić information content (AvgIpc) is 2.80. The minimum Gasteiger partial charge on any atom is -0.384 e. The molecule has 19 heavy (non-hydrogen) atoms. The number of hydrogen-bond acceptors (Lipinski definition) is 2. The molecule has 0 aliphatic carbocycles. The number of nitrogens with two attached hydrogens (primary N) is 1. The zero-order valence-corrected chi connectivity index (χ0v) is 10.7. The Bertz CT molecular complexity index is 680. The summed E-state index contributed by atoms with van der Waals surface area (Å²) >= 11 is 0. The Kier molecular flexibility index (Phi) is 2.80. The van der Waals surface area contributed by atoms with Gasteiger partial charge in [-0.3, -0.25) is 4.68 Å². The zero-order chi connectivity index (χ0) is 13.2. The van der Waals surface area contributed by atoms with Gasteiger partial charge in [-0.15, -0.1) is 0 Å². The first-order valence-corrected chi connectivity index (χ1v) is 6.20. The van der Waals surface area contributed by atoms with E-state index in [4.69, 9.17) is 5.73 Å². The Morgan fingerprint density at radius 3 is 2.16 bits per heavy atom. The lowest BCUT2D eigenvalue weighted by molar-refractivity contribution is 0.782. The summed E-state index contributed by atoms with van der Waals surface area (Å²) in [5, 5.41) is 4.46. The van der Waals surface area contributed by atoms with Gasteiger partial charge in [0.1, 0.15) is 5.82 Å². The molecule has 3 nitrogen and oxygen atoms in total. The molecule has 0 radical (unpaired) electrons. The van der Waals surface area contributed by atoms with Crippen molar-refractivity contribution in [3.8, 4) is 22.4 Å². The Balaban J connectivity index is 2.18. The number of hydrogen-bond donors (Lipinski definition) is 1. The number of nitrogens with zero attached hydrogens (tertiary/aromatic N) is 2. The largest absolute Gasteiger partial charge is 0.384 e. The van der Waals surface area contributed by atoms with Gasteiger partial charge in [0.05, 0.1) is 5.69 Å². The summed E-state index contributed by atoms with van der Waals surface area (Å²) < 4.78 is 1.69. The van der Waals surface area contributed by atoms with Crippen LogP contribution in [-0.2, 0) is 7.05 Å². The highest BCUT2D eigenvalue weighted by atomic mass is 15.3. The fraction of sp³-hybridized carbons (Fsp3) is 0.0625. The van der Waals surface area contributed by atoms with E-state index in [0.29, 0.717) is 5.82 Å². The van der Waals surface area contributed by atoms with Gasteiger partial charge in [-0.25, -0.2) is 0 Å². The Morgan fingerprint density at radius 1 is 0.895 bits per heavy atom. The molecule has 2 aromatic carbocycles. The van der Waals surface area contributed by atoms with Crippen LogP contribution < -0.4 is 5.73 Å². The number of anilines is 1. The maximum atomic E-state index is 5.87. The van der Waals surface area contributed by atoms with Crippen molar-refractivity contribution >= 4 is 5.82 Å². The third kappa shape index (κ3) is 2.10. The zero-order valence-electron chi connectivity index (χ0n) is 10.7. The first kappa shape index (κ1) is 11.5. The summed E-state index contributed by atoms with van der Waals surface area (Å²) in [7, 11) is 1.85. The van der Waals surface area contributed by atoms with Crippen molar-refractivity contribution in [2.45, 2.75) is 0 Å². The van der Waals surface area contributed by atoms with E-state index in [1.165, 1.54) is 11.1 Å². The van der Waals surface area contributed by atoms with Gasteiger partial charge in [-0.05, 0) is 11.1 Å². The minimum absolute atomic E-state index is 0.665. The van der Waals surface area contributed by atoms with E-state index in [1.54, 1.807) is 4.68 Å². The highest BCUT2D eigenvalue weighted by Crippen LogP contribution is 2.31. The van der Waals surface area contributed by atoms with Crippen LogP contribution in [0.15, 0.2) is 60.7 Å². The first-order valence-electron chi connectivity index (χ1n) is 6.20. The molecule has 0 saturated carbocycles. The van der Waals surface area contributed by atoms with Crippen molar-refractivity contribution in [1.82, 2.24) is 9.78 Å². The number of benzene rings is 2. The molecule has 0 aliphatic heterocycles. The number of aryl methyl sites for hydroxylation is 1. The summed E-state index contributed by atoms with van der Waals surface area (Å²) in [4.78, 5) is 0. The Hall–Kier alpha value is -2.55. The van der Waals surface area contributed by atoms with Crippen LogP contribution in [-0.4, -0.2) is 9.78 Å². The van der Waals surface area contributed by atoms with E-state index in [2.05, 4.69) is 29.4 Å². The highest BCUT2D eigenvalue weighted by Gasteiger charge is 2.10. The topological polar surface area (TPSA) is 43.8 Å². The molecule has 3 heteroatoms. The molecular formula is C16H15N3. The van der Waals surface area contributed by atoms with Crippen LogP contribution in [0.3, 0.4) is 0 Å². The fourth-order valence-electron chi connectivity index (χ4n) is 2.19. The molecule has 0 aliphatic rings. The second-order valence-electron chi connectivity index (χ2n) is 4.49. The highest BCUT2D eigenvalue weighted by molar-refractivity contribution is 5.82. The molecule has 0 saturated heterocycles. The van der Waals surface area contributed by atoms with Gasteiger partial charge in [0.2, 0.25) is 0 Å². The molecule has 2 N–H and O–H groups in total. The monoisotopic (exact) mass is 249 g/mol. The maximum Gasteiger partial charge on any atom is 0.121 e. The van der Waals surface area contributed by atoms with Gasteiger partial charge in [-0.2, -0.15) is 5.10 Å². The number of nitrogen functional groups attached to an aromatic ring is 1. The van der Waals surface area contributed by atoms with Crippen LogP contribution in [0.4, 0.5) is 5.82 Å². The molecule has 0 amide bonds. The minimum atomic E-state index is 0.665. The lowest BCUT2D eigenvalue weighted by Crippen LogP contribution is -1.96. The molecular weight excluding hydrogens is 234 g/mol. The van der Waals surface area contributed by atoms with Crippen molar-refractivity contribution in [1.29, 1.82) is 0 Å². The van der Waals surface area contributed by atoms with E-state index < -0.39 is 0 Å². The van der Waals surface area contributed by atoms with Gasteiger partial charge in [-0.1, -0.05) is 54.6 Å². The van der Waals surface area contributed by atoms with Gasteiger partial charge in [0.15, 0.2) is 0 Å². The van der Waals surface area contributed by atoms with Gasteiger partial charge in [0, 0.05) is 18.7 Å². The van der Waals surface area contributed by atoms with Crippen LogP contribution in [0.1, 0.15) is 0 Å². The Labute approximate surface area is 112 Å². The number of rotatable bonds is 2. The molecule has 94 valence electrons. The summed E-state index contributed by atoms with van der Waals surface area (Å²) in [6.45, 7) is 0. The SMILES string of the molecule is Cn1nc(-c2ccccc2-c2ccccc2)cc1N. The van der Waals surface area contributed by atoms with E-state index >= 15 is 0 Å². The van der Waals surface area contributed by atoms with Crippen molar-refractivity contribution in [2.24, 2.45) is 7.05 Å². The van der Waals surface area contributed by atoms with Crippen LogP contribution in [0.25, 0.3) is 22.4 Å². The Morgan fingerprint density at radius 2 is 1.53 bits per heavy atom. The second kappa shape index (κ2) is 4.61. The summed E-state index contributed by atoms with van der Waals surface area (Å²) in [6.07, 6.45) is 0. The normalized spacial score (nSPS) is 10.6. The van der Waals surface area contributed by atoms with E-state index in [0.717, 1.165) is 11.3 Å². The van der Waals surface area contributed by atoms with Crippen molar-refractivity contribution in [3.63, 3.8) is 0 Å². The van der Waals surface area contributed by atoms with Crippen LogP contribution in [0, 0.1) is 0 Å². The standard InChI is InChI=1S/C16H15N3/c1-19-16(17)11-15(18-19)14-10-6-5-9-13(14)12-7-3-2-4-8-12/h2-11H,17H2,1H3. The average molecular weight is 249 g/mol. The molecule has 0 unspecified atom stereocenters. The summed E-state index contributed by atoms with van der Waals surface area (Å²) in [5.74, 6) is 0.665. The molecule has 0 atom stereocenters. The van der Waals surface area contributed by atoms with Crippen molar-refractivity contribution in [3.05, 3.63) is 60.7 Å². The van der Waals surface area contributed by atoms with Crippen LogP contribution in [0.2, 0.25) is 0 Å². The molecule has 0 fully saturated rings. The number of aromatic nitrogens is 2.